The van der Waals surface area contributed by atoms with Gasteiger partial charge >= 0.3 is 0 Å². The molecule has 0 aliphatic carbocycles. The molecule has 122 valence electrons. The van der Waals surface area contributed by atoms with Gasteiger partial charge in [0.2, 0.25) is 0 Å². The van der Waals surface area contributed by atoms with Crippen molar-refractivity contribution < 1.29 is 8.60 Å². The van der Waals surface area contributed by atoms with Crippen LogP contribution in [0.15, 0.2) is 46.9 Å². The Bertz CT molecular complexity index is 784. The zero-order valence-corrected chi connectivity index (χ0v) is 14.7. The highest BCUT2D eigenvalue weighted by Gasteiger charge is 2.22. The summed E-state index contributed by atoms with van der Waals surface area (Å²) in [6.45, 7) is 5.40. The zero-order valence-electron chi connectivity index (χ0n) is 13.1. The average Bonchev–Trinajstić information content (AvgIpc) is 2.47. The summed E-state index contributed by atoms with van der Waals surface area (Å²) in [5.41, 5.74) is 7.32. The Hall–Kier alpha value is -1.72. The molecule has 6 heteroatoms. The van der Waals surface area contributed by atoms with E-state index in [1.165, 1.54) is 6.07 Å². The lowest BCUT2D eigenvalue weighted by molar-refractivity contribution is 0.625. The molecule has 3 nitrogen and oxygen atoms in total. The van der Waals surface area contributed by atoms with E-state index in [9.17, 15) is 8.60 Å². The molecule has 0 bridgehead atoms. The molecule has 0 aromatic heterocycles. The Balaban J connectivity index is 2.71. The molecule has 2 rings (SSSR count). The average molecular weight is 353 g/mol. The van der Waals surface area contributed by atoms with Gasteiger partial charge in [0.1, 0.15) is 16.8 Å². The summed E-state index contributed by atoms with van der Waals surface area (Å²) in [5, 5.41) is 0.444. The smallest absolute Gasteiger partial charge is 0.145 e. The number of halogens is 2. The van der Waals surface area contributed by atoms with E-state index >= 15 is 0 Å². The van der Waals surface area contributed by atoms with Crippen LogP contribution < -0.4 is 5.73 Å². The lowest BCUT2D eigenvalue weighted by Crippen LogP contribution is -2.22. The third kappa shape index (κ3) is 4.18. The van der Waals surface area contributed by atoms with Gasteiger partial charge in [-0.25, -0.2) is 8.60 Å². The standard InChI is InChI=1S/C17H18ClFN2OS/c1-17(2,3)23(22)21-16(12-6-4-5-7-14(12)19)13-10-11(18)8-9-15(13)20/h4-10H,20H2,1-3H3/t23-/m0/s1. The van der Waals surface area contributed by atoms with Gasteiger partial charge in [-0.15, -0.1) is 0 Å². The molecule has 2 aromatic rings. The zero-order chi connectivity index (χ0) is 17.2. The normalized spacial score (nSPS) is 13.9. The third-order valence-corrected chi connectivity index (χ3v) is 4.73. The first-order chi connectivity index (χ1) is 10.7. The van der Waals surface area contributed by atoms with Gasteiger partial charge in [-0.05, 0) is 51.1 Å². The van der Waals surface area contributed by atoms with E-state index in [2.05, 4.69) is 4.40 Å². The minimum Gasteiger partial charge on any atom is -0.398 e. The first-order valence-electron chi connectivity index (χ1n) is 7.01. The van der Waals surface area contributed by atoms with E-state index in [0.717, 1.165) is 0 Å². The molecule has 0 fully saturated rings. The monoisotopic (exact) mass is 352 g/mol. The van der Waals surface area contributed by atoms with Crippen molar-refractivity contribution in [2.24, 2.45) is 4.40 Å². The van der Waals surface area contributed by atoms with Gasteiger partial charge in [0.05, 0.1) is 10.5 Å². The van der Waals surface area contributed by atoms with Gasteiger partial charge in [-0.3, -0.25) is 0 Å². The van der Waals surface area contributed by atoms with Gasteiger partial charge in [0, 0.05) is 21.8 Å². The molecule has 23 heavy (non-hydrogen) atoms. The van der Waals surface area contributed by atoms with Crippen LogP contribution >= 0.6 is 11.6 Å². The van der Waals surface area contributed by atoms with Gasteiger partial charge in [0.25, 0.3) is 0 Å². The largest absolute Gasteiger partial charge is 0.398 e. The molecule has 1 atom stereocenters. The Morgan fingerprint density at radius 1 is 1.17 bits per heavy atom. The van der Waals surface area contributed by atoms with E-state index in [-0.39, 0.29) is 11.3 Å². The fourth-order valence-electron chi connectivity index (χ4n) is 1.85. The van der Waals surface area contributed by atoms with Crippen molar-refractivity contribution in [1.29, 1.82) is 0 Å². The highest BCUT2D eigenvalue weighted by Crippen LogP contribution is 2.25. The maximum Gasteiger partial charge on any atom is 0.145 e. The third-order valence-electron chi connectivity index (χ3n) is 3.10. The summed E-state index contributed by atoms with van der Waals surface area (Å²) in [4.78, 5) is 0. The molecular weight excluding hydrogens is 335 g/mol. The van der Waals surface area contributed by atoms with Crippen molar-refractivity contribution >= 4 is 34.0 Å². The number of benzene rings is 2. The first-order valence-corrected chi connectivity index (χ1v) is 8.49. The summed E-state index contributed by atoms with van der Waals surface area (Å²) < 4.78 is 30.4. The van der Waals surface area contributed by atoms with Crippen molar-refractivity contribution in [1.82, 2.24) is 0 Å². The molecule has 0 heterocycles. The van der Waals surface area contributed by atoms with Crippen molar-refractivity contribution in [3.8, 4) is 0 Å². The number of nitrogens with zero attached hydrogens (tertiary/aromatic N) is 1. The van der Waals surface area contributed by atoms with Crippen molar-refractivity contribution in [3.05, 3.63) is 64.4 Å². The van der Waals surface area contributed by atoms with Crippen LogP contribution in [0.25, 0.3) is 0 Å². The maximum absolute atomic E-state index is 14.3. The van der Waals surface area contributed by atoms with Crippen LogP contribution in [-0.2, 0) is 11.0 Å². The van der Waals surface area contributed by atoms with E-state index in [1.807, 2.05) is 0 Å². The predicted octanol–water partition coefficient (Wildman–Crippen LogP) is 4.36. The van der Waals surface area contributed by atoms with Crippen LogP contribution in [-0.4, -0.2) is 14.7 Å². The van der Waals surface area contributed by atoms with Crippen LogP contribution in [0.5, 0.6) is 0 Å². The summed E-state index contributed by atoms with van der Waals surface area (Å²) in [6.07, 6.45) is 0. The SMILES string of the molecule is CC(C)(C)[S@](=O)N=C(c1cc(Cl)ccc1N)c1ccccc1F. The summed E-state index contributed by atoms with van der Waals surface area (Å²) in [7, 11) is -1.57. The number of rotatable bonds is 3. The molecule has 0 radical (unpaired) electrons. The summed E-state index contributed by atoms with van der Waals surface area (Å²) >= 11 is 6.03. The summed E-state index contributed by atoms with van der Waals surface area (Å²) in [5.74, 6) is -0.462. The molecule has 0 unspecified atom stereocenters. The van der Waals surface area contributed by atoms with Crippen LogP contribution in [0.2, 0.25) is 5.02 Å². The first kappa shape index (κ1) is 17.6. The molecule has 0 spiro atoms. The molecule has 0 aliphatic heterocycles. The highest BCUT2D eigenvalue weighted by molar-refractivity contribution is 7.85. The molecule has 2 N–H and O–H groups in total. The van der Waals surface area contributed by atoms with Gasteiger partial charge < -0.3 is 5.73 Å². The van der Waals surface area contributed by atoms with Gasteiger partial charge in [-0.1, -0.05) is 23.7 Å². The van der Waals surface area contributed by atoms with Crippen molar-refractivity contribution in [2.45, 2.75) is 25.5 Å². The number of anilines is 1. The van der Waals surface area contributed by atoms with E-state index in [0.29, 0.717) is 16.3 Å². The minimum atomic E-state index is -1.57. The minimum absolute atomic E-state index is 0.233. The number of hydrogen-bond acceptors (Lipinski definition) is 2. The Kier molecular flexibility index (Phi) is 5.22. The second-order valence-corrected chi connectivity index (χ2v) is 8.35. The van der Waals surface area contributed by atoms with Crippen LogP contribution in [0.1, 0.15) is 31.9 Å². The number of nitrogens with two attached hydrogens (primary N) is 1. The fraction of sp³-hybridized carbons (Fsp3) is 0.235. The predicted molar refractivity (Wildman–Crippen MR) is 95.8 cm³/mol. The van der Waals surface area contributed by atoms with Crippen molar-refractivity contribution in [2.75, 3.05) is 5.73 Å². The van der Waals surface area contributed by atoms with Crippen LogP contribution in [0, 0.1) is 5.82 Å². The molecule has 0 amide bonds. The maximum atomic E-state index is 14.3. The van der Waals surface area contributed by atoms with Crippen LogP contribution in [0.3, 0.4) is 0 Å². The van der Waals surface area contributed by atoms with Gasteiger partial charge in [-0.2, -0.15) is 4.40 Å². The molecular formula is C17H18ClFN2OS. The Morgan fingerprint density at radius 2 is 1.83 bits per heavy atom. The lowest BCUT2D eigenvalue weighted by atomic mass is 10.0. The van der Waals surface area contributed by atoms with Crippen molar-refractivity contribution in [3.63, 3.8) is 0 Å². The Morgan fingerprint density at radius 3 is 2.43 bits per heavy atom. The lowest BCUT2D eigenvalue weighted by Gasteiger charge is -2.16. The molecule has 2 aromatic carbocycles. The van der Waals surface area contributed by atoms with Gasteiger partial charge in [0.15, 0.2) is 0 Å². The number of hydrogen-bond donors (Lipinski definition) is 1. The van der Waals surface area contributed by atoms with E-state index in [4.69, 9.17) is 17.3 Å². The molecule has 0 saturated carbocycles. The van der Waals surface area contributed by atoms with Crippen LogP contribution in [0.4, 0.5) is 10.1 Å². The molecule has 0 aliphatic rings. The number of nitrogen functional groups attached to an aromatic ring is 1. The second-order valence-electron chi connectivity index (χ2n) is 6.01. The summed E-state index contributed by atoms with van der Waals surface area (Å²) in [6, 6.07) is 11.0. The fourth-order valence-corrected chi connectivity index (χ4v) is 2.66. The topological polar surface area (TPSA) is 55.5 Å². The highest BCUT2D eigenvalue weighted by atomic mass is 35.5. The Labute approximate surface area is 143 Å². The molecule has 0 saturated heterocycles. The van der Waals surface area contributed by atoms with E-state index in [1.54, 1.807) is 57.2 Å². The quantitative estimate of drug-likeness (QED) is 0.659. The second kappa shape index (κ2) is 6.81. The van der Waals surface area contributed by atoms with E-state index < -0.39 is 21.5 Å².